The molecule has 0 aromatic carbocycles. The molecule has 616 valence electrons. The van der Waals surface area contributed by atoms with Crippen molar-refractivity contribution in [3.63, 3.8) is 0 Å². The van der Waals surface area contributed by atoms with Crippen LogP contribution < -0.4 is 16.0 Å². The molecule has 8 rings (SSSR count). The molecular formula is C60H103N3O43. The van der Waals surface area contributed by atoms with Gasteiger partial charge < -0.3 is 214 Å². The molecule has 0 spiro atoms. The van der Waals surface area contributed by atoms with Gasteiger partial charge in [0.2, 0.25) is 17.7 Å². The van der Waals surface area contributed by atoms with Crippen molar-refractivity contribution in [1.82, 2.24) is 16.0 Å². The normalized spacial score (nSPS) is 47.9. The van der Waals surface area contributed by atoms with Gasteiger partial charge in [0.1, 0.15) is 195 Å². The highest BCUT2D eigenvalue weighted by Crippen LogP contribution is 2.40. The smallest absolute Gasteiger partial charge is 0.217 e. The van der Waals surface area contributed by atoms with E-state index in [1.54, 1.807) is 0 Å². The van der Waals surface area contributed by atoms with Crippen molar-refractivity contribution in [3.8, 4) is 0 Å². The SMILES string of the molecule is CC(=O)N[C@H]1[C@H](OC[C@@H](O)[C@H](O)[C@H](O[C@@H]2O[C@H](CO)[C@H](O)[C@H](O[C@@H]3O[C@H](CO)[C@@H](O)[C@H](O[C@@H]4O[C@H](CO)[C@H](O)[C@H](O)[C@H]4O[C@@H]4O[C@@H](C)[C@@H](O)[C@@H](O)[C@@H]4O)[C@H]3NC(C)=O)[C@H]2O[C@@H]2O[C@@H](C)[C@@H](O)[C@@H](O)[C@@H]2O)[C@H](CO)NC(C)=O)O[C@H](CO)[C@@H](O[C@@H]2O[C@H](CO)[C@H](O)[C@H](O)[C@H]2O[C@@H]2O[C@@H](C)[C@@H](O)[C@@H](O)[C@@H]2O)[C@@H]1O. The van der Waals surface area contributed by atoms with Gasteiger partial charge in [0, 0.05) is 20.8 Å². The molecule has 0 radical (unpaired) electrons. The van der Waals surface area contributed by atoms with Gasteiger partial charge in [-0.15, -0.1) is 0 Å². The van der Waals surface area contributed by atoms with Gasteiger partial charge in [-0.1, -0.05) is 0 Å². The molecule has 27 N–H and O–H groups in total. The number of carbonyl (C=O) groups excluding carboxylic acids is 3. The first kappa shape index (κ1) is 88.4. The van der Waals surface area contributed by atoms with Crippen LogP contribution in [0.2, 0.25) is 0 Å². The zero-order valence-electron chi connectivity index (χ0n) is 57.8. The fraction of sp³-hybridized carbons (Fsp3) is 0.950. The summed E-state index contributed by atoms with van der Waals surface area (Å²) in [5.74, 6) is -2.85. The third-order valence-corrected chi connectivity index (χ3v) is 19.5. The van der Waals surface area contributed by atoms with Crippen molar-refractivity contribution in [3.05, 3.63) is 0 Å². The minimum absolute atomic E-state index is 0.908. The second-order valence-electron chi connectivity index (χ2n) is 27.1. The maximum Gasteiger partial charge on any atom is 0.217 e. The second-order valence-corrected chi connectivity index (χ2v) is 27.1. The summed E-state index contributed by atoms with van der Waals surface area (Å²) >= 11 is 0. The van der Waals surface area contributed by atoms with Crippen LogP contribution in [0, 0.1) is 0 Å². The lowest BCUT2D eigenvalue weighted by molar-refractivity contribution is -0.399. The summed E-state index contributed by atoms with van der Waals surface area (Å²) in [5.41, 5.74) is 0. The molecule has 0 aliphatic carbocycles. The molecule has 44 atom stereocenters. The monoisotopic (exact) mass is 1550 g/mol. The van der Waals surface area contributed by atoms with Crippen LogP contribution in [0.3, 0.4) is 0 Å². The van der Waals surface area contributed by atoms with Crippen LogP contribution in [0.25, 0.3) is 0 Å². The zero-order chi connectivity index (χ0) is 78.5. The molecule has 8 aliphatic heterocycles. The van der Waals surface area contributed by atoms with Crippen molar-refractivity contribution < 1.29 is 213 Å². The van der Waals surface area contributed by atoms with Gasteiger partial charge in [0.05, 0.1) is 70.6 Å². The van der Waals surface area contributed by atoms with Gasteiger partial charge in [-0.2, -0.15) is 0 Å². The molecule has 0 bridgehead atoms. The van der Waals surface area contributed by atoms with Gasteiger partial charge in [-0.05, 0) is 20.8 Å². The van der Waals surface area contributed by atoms with E-state index in [1.165, 1.54) is 20.8 Å². The van der Waals surface area contributed by atoms with Crippen molar-refractivity contribution >= 4 is 17.7 Å². The van der Waals surface area contributed by atoms with E-state index in [9.17, 15) is 137 Å². The van der Waals surface area contributed by atoms with Crippen molar-refractivity contribution in [1.29, 1.82) is 0 Å². The summed E-state index contributed by atoms with van der Waals surface area (Å²) < 4.78 is 94.9. The molecule has 106 heavy (non-hydrogen) atoms. The molecule has 0 aromatic heterocycles. The minimum atomic E-state index is -2.54. The zero-order valence-corrected chi connectivity index (χ0v) is 57.8. The van der Waals surface area contributed by atoms with Gasteiger partial charge >= 0.3 is 0 Å². The standard InChI is InChI=1S/C60H103N3O43/c1-14-29(74)38(83)43(88)55(92-14)104-50-41(86)33(78)22(8-65)96-58(50)101-47-26(12-69)99-53(27(37(47)82)62-18(5)71)91-13-21(73)32(77)46(20(7-64)61-17(4)70)100-60-52(106-57-45(90)40(85)31(76)16(3)94-57)49(36(81)25(11-68)98-60)103-54-28(63-19(6)72)48(35(80)24(10-67)95-54)102-59-51(42(87)34(79)23(9-66)97-59)105-56-44(89)39(84)30(75)15(2)93-56/h14-16,20-60,64-69,73-90H,7-13H2,1-6H3,(H,61,70)(H,62,71)(H,63,72)/t14-,15-,16-,20-,21+,22+,23+,24+,25+,26+,27+,28+,29+,30+,31+,32-,33-,34-,35+,36-,37+,38+,39+,40+,41-,42-,43-,44-,45-,46+,47+,48+,49-,50+,51+,52+,53+,54-,55-,56-,57-,58-,59-,60-/m0/s1. The molecule has 46 nitrogen and oxygen atoms in total. The summed E-state index contributed by atoms with van der Waals surface area (Å²) in [6.07, 6.45) is -82.0. The van der Waals surface area contributed by atoms with E-state index in [0.29, 0.717) is 0 Å². The molecule has 0 saturated carbocycles. The number of hydrogen-bond donors (Lipinski definition) is 27. The molecule has 46 heteroatoms. The summed E-state index contributed by atoms with van der Waals surface area (Å²) in [7, 11) is 0. The molecular weight excluding hydrogens is 1450 g/mol. The van der Waals surface area contributed by atoms with Crippen LogP contribution in [0.15, 0.2) is 0 Å². The van der Waals surface area contributed by atoms with Gasteiger partial charge in [0.25, 0.3) is 0 Å². The average Bonchev–Trinajstić information content (AvgIpc) is 0.768. The number of hydrogen-bond acceptors (Lipinski definition) is 43. The predicted octanol–water partition coefficient (Wildman–Crippen LogP) is -17.5. The Labute approximate surface area is 602 Å². The first-order chi connectivity index (χ1) is 50.0. The summed E-state index contributed by atoms with van der Waals surface area (Å²) in [6.45, 7) is -1.36. The third kappa shape index (κ3) is 19.7. The maximum absolute atomic E-state index is 13.3. The fourth-order valence-electron chi connectivity index (χ4n) is 13.5. The average molecular weight is 1550 g/mol. The first-order valence-electron chi connectivity index (χ1n) is 34.1. The number of ether oxygens (including phenoxy) is 16. The van der Waals surface area contributed by atoms with Crippen LogP contribution in [0.5, 0.6) is 0 Å². The molecule has 3 amide bonds. The van der Waals surface area contributed by atoms with Crippen molar-refractivity contribution in [2.24, 2.45) is 0 Å². The largest absolute Gasteiger partial charge is 0.394 e. The number of amides is 3. The number of nitrogens with one attached hydrogen (secondary N) is 3. The maximum atomic E-state index is 13.3. The van der Waals surface area contributed by atoms with Crippen molar-refractivity contribution in [2.45, 2.75) is 311 Å². The molecule has 0 aromatic rings. The Kier molecular flexibility index (Phi) is 32.1. The Hall–Kier alpha value is -3.19. The van der Waals surface area contributed by atoms with Crippen LogP contribution in [0.4, 0.5) is 0 Å². The van der Waals surface area contributed by atoms with E-state index in [-0.39, 0.29) is 0 Å². The van der Waals surface area contributed by atoms with E-state index < -0.39 is 334 Å². The second kappa shape index (κ2) is 38.6. The fourth-order valence-corrected chi connectivity index (χ4v) is 13.5. The first-order valence-corrected chi connectivity index (χ1v) is 34.1. The van der Waals surface area contributed by atoms with E-state index in [2.05, 4.69) is 16.0 Å². The summed E-state index contributed by atoms with van der Waals surface area (Å²) in [4.78, 5) is 39.1. The van der Waals surface area contributed by atoms with E-state index in [0.717, 1.165) is 20.8 Å². The highest BCUT2D eigenvalue weighted by molar-refractivity contribution is 5.74. The molecule has 8 saturated heterocycles. The molecule has 0 unspecified atom stereocenters. The number of aliphatic hydroxyl groups excluding tert-OH is 24. The summed E-state index contributed by atoms with van der Waals surface area (Å²) in [6, 6.07) is -5.76. The molecule has 8 heterocycles. The molecule has 8 fully saturated rings. The lowest BCUT2D eigenvalue weighted by atomic mass is 9.94. The van der Waals surface area contributed by atoms with Crippen LogP contribution >= 0.6 is 0 Å². The van der Waals surface area contributed by atoms with Crippen LogP contribution in [-0.4, -0.2) is 456 Å². The predicted molar refractivity (Wildman–Crippen MR) is 330 cm³/mol. The summed E-state index contributed by atoms with van der Waals surface area (Å²) in [5, 5.41) is 273. The van der Waals surface area contributed by atoms with Gasteiger partial charge in [-0.3, -0.25) is 14.4 Å². The Morgan fingerprint density at radius 2 is 0.698 bits per heavy atom. The Morgan fingerprint density at radius 3 is 1.11 bits per heavy atom. The Morgan fingerprint density at radius 1 is 0.340 bits per heavy atom. The quantitative estimate of drug-likeness (QED) is 0.0331. The van der Waals surface area contributed by atoms with E-state index in [1.807, 2.05) is 0 Å². The minimum Gasteiger partial charge on any atom is -0.394 e. The van der Waals surface area contributed by atoms with Gasteiger partial charge in [0.15, 0.2) is 50.3 Å². The highest BCUT2D eigenvalue weighted by Gasteiger charge is 2.60. The van der Waals surface area contributed by atoms with Crippen LogP contribution in [0.1, 0.15) is 41.5 Å². The molecule has 8 aliphatic rings. The Balaban J connectivity index is 1.10. The van der Waals surface area contributed by atoms with Crippen LogP contribution in [-0.2, 0) is 90.2 Å². The highest BCUT2D eigenvalue weighted by atomic mass is 16.8. The number of rotatable bonds is 29. The number of aliphatic hydroxyl groups is 24. The number of carbonyl (C=O) groups is 3. The lowest BCUT2D eigenvalue weighted by Crippen LogP contribution is -2.71. The Bertz CT molecular complexity index is 2730. The van der Waals surface area contributed by atoms with E-state index >= 15 is 0 Å². The van der Waals surface area contributed by atoms with E-state index in [4.69, 9.17) is 75.8 Å². The van der Waals surface area contributed by atoms with Gasteiger partial charge in [-0.25, -0.2) is 0 Å². The topological polar surface area (TPSA) is 721 Å². The third-order valence-electron chi connectivity index (χ3n) is 19.5. The van der Waals surface area contributed by atoms with Crippen molar-refractivity contribution in [2.75, 3.05) is 46.2 Å². The lowest BCUT2D eigenvalue weighted by Gasteiger charge is -2.51.